The van der Waals surface area contributed by atoms with Crippen molar-refractivity contribution in [3.05, 3.63) is 68.5 Å². The zero-order valence-corrected chi connectivity index (χ0v) is 16.1. The van der Waals surface area contributed by atoms with Gasteiger partial charge in [0.05, 0.1) is 5.03 Å². The third kappa shape index (κ3) is 5.88. The third-order valence-corrected chi connectivity index (χ3v) is 5.22. The van der Waals surface area contributed by atoms with Gasteiger partial charge in [0.2, 0.25) is 0 Å². The first-order valence-corrected chi connectivity index (χ1v) is 9.03. The molecule has 0 aliphatic heterocycles. The van der Waals surface area contributed by atoms with Crippen LogP contribution < -0.4 is 0 Å². The molecule has 0 atom stereocenters. The zero-order chi connectivity index (χ0) is 16.8. The van der Waals surface area contributed by atoms with Gasteiger partial charge in [0.1, 0.15) is 6.61 Å². The van der Waals surface area contributed by atoms with E-state index in [4.69, 9.17) is 27.9 Å². The molecule has 0 heterocycles. The van der Waals surface area contributed by atoms with Gasteiger partial charge in [-0.1, -0.05) is 63.0 Å². The first kappa shape index (κ1) is 18.4. The molecule has 2 aromatic rings. The molecule has 0 aromatic heterocycles. The lowest BCUT2D eigenvalue weighted by atomic mass is 10.2. The monoisotopic (exact) mass is 430 g/mol. The van der Waals surface area contributed by atoms with Gasteiger partial charge in [0.15, 0.2) is 0 Å². The van der Waals surface area contributed by atoms with E-state index in [-0.39, 0.29) is 12.6 Å². The molecular formula is C17H13BrCl2O2S. The van der Waals surface area contributed by atoms with Gasteiger partial charge in [0, 0.05) is 26.2 Å². The Morgan fingerprint density at radius 3 is 2.30 bits per heavy atom. The van der Waals surface area contributed by atoms with Crippen LogP contribution >= 0.6 is 50.9 Å². The number of hydrogen-bond donors (Lipinski definition) is 0. The molecule has 0 fully saturated rings. The summed E-state index contributed by atoms with van der Waals surface area (Å²) in [7, 11) is 0. The molecule has 0 unspecified atom stereocenters. The summed E-state index contributed by atoms with van der Waals surface area (Å²) in [6.07, 6.45) is 0. The quantitative estimate of drug-likeness (QED) is 0.406. The Hall–Kier alpha value is -0.940. The summed E-state index contributed by atoms with van der Waals surface area (Å²) in [5, 5.41) is 1.22. The second kappa shape index (κ2) is 8.78. The number of halogens is 3. The van der Waals surface area contributed by atoms with Crippen LogP contribution in [-0.2, 0) is 9.53 Å². The Balaban J connectivity index is 2.31. The summed E-state index contributed by atoms with van der Waals surface area (Å²) in [6, 6.07) is 15.0. The van der Waals surface area contributed by atoms with Crippen LogP contribution in [0.1, 0.15) is 12.5 Å². The van der Waals surface area contributed by atoms with Crippen molar-refractivity contribution < 1.29 is 9.53 Å². The SMILES string of the molecule is CC(=O)OC/C(Sc1ccc(Cl)cc1)=C(/Cl)c1ccc(Br)cc1. The maximum atomic E-state index is 11.1. The Labute approximate surface area is 157 Å². The Kier molecular flexibility index (Phi) is 7.03. The second-order valence-electron chi connectivity index (χ2n) is 4.58. The molecule has 0 N–H and O–H groups in total. The predicted molar refractivity (Wildman–Crippen MR) is 101 cm³/mol. The molecule has 0 aliphatic rings. The molecular weight excluding hydrogens is 419 g/mol. The lowest BCUT2D eigenvalue weighted by Crippen LogP contribution is -2.02. The normalized spacial score (nSPS) is 11.8. The van der Waals surface area contributed by atoms with Crippen LogP contribution in [-0.4, -0.2) is 12.6 Å². The van der Waals surface area contributed by atoms with E-state index < -0.39 is 0 Å². The van der Waals surface area contributed by atoms with Gasteiger partial charge < -0.3 is 4.74 Å². The summed E-state index contributed by atoms with van der Waals surface area (Å²) < 4.78 is 6.10. The van der Waals surface area contributed by atoms with Crippen LogP contribution in [0.2, 0.25) is 5.02 Å². The fourth-order valence-corrected chi connectivity index (χ4v) is 3.28. The Morgan fingerprint density at radius 2 is 1.74 bits per heavy atom. The van der Waals surface area contributed by atoms with Gasteiger partial charge in [-0.25, -0.2) is 0 Å². The minimum absolute atomic E-state index is 0.123. The number of rotatable bonds is 5. The number of thioether (sulfide) groups is 1. The van der Waals surface area contributed by atoms with Crippen LogP contribution in [0.3, 0.4) is 0 Å². The molecule has 0 bridgehead atoms. The first-order chi connectivity index (χ1) is 11.0. The number of hydrogen-bond acceptors (Lipinski definition) is 3. The van der Waals surface area contributed by atoms with Gasteiger partial charge in [-0.15, -0.1) is 0 Å². The Bertz CT molecular complexity index is 712. The van der Waals surface area contributed by atoms with E-state index in [2.05, 4.69) is 15.9 Å². The molecule has 0 amide bonds. The van der Waals surface area contributed by atoms with Crippen molar-refractivity contribution in [2.75, 3.05) is 6.61 Å². The van der Waals surface area contributed by atoms with Gasteiger partial charge >= 0.3 is 5.97 Å². The highest BCUT2D eigenvalue weighted by Crippen LogP contribution is 2.36. The van der Waals surface area contributed by atoms with Gasteiger partial charge in [-0.3, -0.25) is 4.79 Å². The summed E-state index contributed by atoms with van der Waals surface area (Å²) in [5.41, 5.74) is 0.860. The minimum atomic E-state index is -0.348. The van der Waals surface area contributed by atoms with Crippen LogP contribution in [0.4, 0.5) is 0 Å². The van der Waals surface area contributed by atoms with E-state index in [1.807, 2.05) is 36.4 Å². The van der Waals surface area contributed by atoms with Gasteiger partial charge in [0.25, 0.3) is 0 Å². The Morgan fingerprint density at radius 1 is 1.13 bits per heavy atom. The van der Waals surface area contributed by atoms with Crippen LogP contribution in [0.25, 0.3) is 5.03 Å². The molecule has 6 heteroatoms. The topological polar surface area (TPSA) is 26.3 Å². The lowest BCUT2D eigenvalue weighted by molar-refractivity contribution is -0.139. The molecule has 0 saturated carbocycles. The second-order valence-corrected chi connectivity index (χ2v) is 7.48. The van der Waals surface area contributed by atoms with Crippen molar-refractivity contribution >= 4 is 61.9 Å². The van der Waals surface area contributed by atoms with Gasteiger partial charge in [-0.05, 0) is 42.0 Å². The predicted octanol–water partition coefficient (Wildman–Crippen LogP) is 6.37. The van der Waals surface area contributed by atoms with Crippen molar-refractivity contribution in [3.8, 4) is 0 Å². The van der Waals surface area contributed by atoms with Crippen LogP contribution in [0.15, 0.2) is 62.8 Å². The number of ether oxygens (including phenoxy) is 1. The smallest absolute Gasteiger partial charge is 0.302 e. The van der Waals surface area contributed by atoms with E-state index in [1.54, 1.807) is 12.1 Å². The van der Waals surface area contributed by atoms with Crippen LogP contribution in [0, 0.1) is 0 Å². The highest BCUT2D eigenvalue weighted by atomic mass is 79.9. The average molecular weight is 432 g/mol. The summed E-state index contributed by atoms with van der Waals surface area (Å²) in [6.45, 7) is 1.50. The third-order valence-electron chi connectivity index (χ3n) is 2.80. The molecule has 0 saturated heterocycles. The maximum absolute atomic E-state index is 11.1. The fraction of sp³-hybridized carbons (Fsp3) is 0.118. The molecule has 2 nitrogen and oxygen atoms in total. The summed E-state index contributed by atoms with van der Waals surface area (Å²) >= 11 is 17.3. The van der Waals surface area contributed by atoms with Crippen molar-refractivity contribution in [1.82, 2.24) is 0 Å². The van der Waals surface area contributed by atoms with E-state index in [0.29, 0.717) is 10.1 Å². The average Bonchev–Trinajstić information content (AvgIpc) is 2.53. The highest BCUT2D eigenvalue weighted by Gasteiger charge is 2.11. The molecule has 0 radical (unpaired) electrons. The summed E-state index contributed by atoms with van der Waals surface area (Å²) in [5.74, 6) is -0.348. The maximum Gasteiger partial charge on any atom is 0.302 e. The molecule has 120 valence electrons. The van der Waals surface area contributed by atoms with Crippen molar-refractivity contribution in [3.63, 3.8) is 0 Å². The number of carbonyl (C=O) groups excluding carboxylic acids is 1. The molecule has 2 rings (SSSR count). The van der Waals surface area contributed by atoms with Crippen molar-refractivity contribution in [2.24, 2.45) is 0 Å². The fourth-order valence-electron chi connectivity index (χ4n) is 1.71. The van der Waals surface area contributed by atoms with Crippen molar-refractivity contribution in [2.45, 2.75) is 11.8 Å². The standard InChI is InChI=1S/C17H13BrCl2O2S/c1-11(21)22-10-16(23-15-8-6-14(19)7-9-15)17(20)12-2-4-13(18)5-3-12/h2-9H,10H2,1H3/b17-16-. The van der Waals surface area contributed by atoms with E-state index >= 15 is 0 Å². The number of benzene rings is 2. The largest absolute Gasteiger partial charge is 0.460 e. The lowest BCUT2D eigenvalue weighted by Gasteiger charge is -2.11. The van der Waals surface area contributed by atoms with Crippen molar-refractivity contribution in [1.29, 1.82) is 0 Å². The first-order valence-electron chi connectivity index (χ1n) is 6.67. The summed E-state index contributed by atoms with van der Waals surface area (Å²) in [4.78, 5) is 12.8. The molecule has 0 spiro atoms. The van der Waals surface area contributed by atoms with E-state index in [9.17, 15) is 4.79 Å². The van der Waals surface area contributed by atoms with E-state index in [1.165, 1.54) is 18.7 Å². The number of carbonyl (C=O) groups is 1. The zero-order valence-electron chi connectivity index (χ0n) is 12.2. The molecule has 23 heavy (non-hydrogen) atoms. The number of esters is 1. The van der Waals surface area contributed by atoms with Gasteiger partial charge in [-0.2, -0.15) is 0 Å². The molecule has 2 aromatic carbocycles. The highest BCUT2D eigenvalue weighted by molar-refractivity contribution is 9.10. The molecule has 0 aliphatic carbocycles. The van der Waals surface area contributed by atoms with E-state index in [0.717, 1.165) is 19.8 Å². The van der Waals surface area contributed by atoms with Crippen LogP contribution in [0.5, 0.6) is 0 Å². The minimum Gasteiger partial charge on any atom is -0.460 e.